The van der Waals surface area contributed by atoms with Gasteiger partial charge in [0, 0.05) is 5.82 Å². The molecule has 3 fully saturated rings. The normalized spacial score (nSPS) is 28.7. The van der Waals surface area contributed by atoms with Gasteiger partial charge in [-0.1, -0.05) is 6.07 Å². The third-order valence-electron chi connectivity index (χ3n) is 6.02. The Balaban J connectivity index is 1.31. The number of carboxylic acid groups (broad SMARTS) is 1. The molecule has 1 amide bonds. The molecule has 0 spiro atoms. The van der Waals surface area contributed by atoms with Crippen LogP contribution in [0.3, 0.4) is 0 Å². The fraction of sp³-hybridized carbons (Fsp3) is 0.556. The van der Waals surface area contributed by atoms with Crippen LogP contribution in [0.5, 0.6) is 11.5 Å². The van der Waals surface area contributed by atoms with Gasteiger partial charge in [-0.3, -0.25) is 4.79 Å². The van der Waals surface area contributed by atoms with Gasteiger partial charge in [-0.05, 0) is 43.4 Å². The molecule has 27 heavy (non-hydrogen) atoms. The van der Waals surface area contributed by atoms with E-state index in [1.54, 1.807) is 11.0 Å². The number of rotatable bonds is 4. The molecule has 0 bridgehead atoms. The molecule has 5 rings (SSSR count). The average Bonchev–Trinajstić information content (AvgIpc) is 3.23. The number of benzene rings is 1. The summed E-state index contributed by atoms with van der Waals surface area (Å²) in [7, 11) is -0.966. The number of aromatic carboxylic acids is 1. The summed E-state index contributed by atoms with van der Waals surface area (Å²) in [5.41, 5.74) is 0.784. The summed E-state index contributed by atoms with van der Waals surface area (Å²) < 4.78 is 11.4. The molecule has 2 saturated heterocycles. The summed E-state index contributed by atoms with van der Waals surface area (Å²) in [6, 6.07) is 3.39. The van der Waals surface area contributed by atoms with E-state index in [-0.39, 0.29) is 46.9 Å². The van der Waals surface area contributed by atoms with Gasteiger partial charge in [-0.2, -0.15) is 0 Å². The van der Waals surface area contributed by atoms with E-state index in [1.165, 1.54) is 0 Å². The molecule has 1 saturated carbocycles. The van der Waals surface area contributed by atoms with Crippen molar-refractivity contribution in [3.8, 4) is 11.5 Å². The smallest absolute Gasteiger partial charge is 0.526 e. The van der Waals surface area contributed by atoms with Gasteiger partial charge >= 0.3 is 13.1 Å². The molecule has 0 aromatic heterocycles. The van der Waals surface area contributed by atoms with Gasteiger partial charge in [0.15, 0.2) is 0 Å². The molecule has 1 aliphatic carbocycles. The summed E-state index contributed by atoms with van der Waals surface area (Å²) >= 11 is 0. The van der Waals surface area contributed by atoms with E-state index in [1.807, 2.05) is 6.07 Å². The van der Waals surface area contributed by atoms with E-state index >= 15 is 0 Å². The third kappa shape index (κ3) is 2.76. The van der Waals surface area contributed by atoms with Crippen molar-refractivity contribution in [3.63, 3.8) is 0 Å². The maximum Gasteiger partial charge on any atom is 0.526 e. The number of fused-ring (bicyclic) bond motifs is 3. The van der Waals surface area contributed by atoms with Gasteiger partial charge in [-0.25, -0.2) is 4.79 Å². The number of carboxylic acids is 1. The van der Waals surface area contributed by atoms with E-state index in [9.17, 15) is 19.7 Å². The quantitative estimate of drug-likeness (QED) is 0.659. The molecule has 1 aromatic carbocycles. The number of ether oxygens (including phenoxy) is 1. The second-order valence-corrected chi connectivity index (χ2v) is 7.81. The van der Waals surface area contributed by atoms with Crippen molar-refractivity contribution in [3.05, 3.63) is 23.3 Å². The lowest BCUT2D eigenvalue weighted by molar-refractivity contribution is -0.141. The molecule has 3 aliphatic heterocycles. The van der Waals surface area contributed by atoms with Gasteiger partial charge < -0.3 is 29.7 Å². The van der Waals surface area contributed by atoms with Crippen molar-refractivity contribution >= 4 is 19.0 Å². The number of hydrogen-bond donors (Lipinski definition) is 3. The van der Waals surface area contributed by atoms with E-state index in [0.717, 1.165) is 31.4 Å². The van der Waals surface area contributed by atoms with Gasteiger partial charge in [0.2, 0.25) is 5.91 Å². The number of hydrogen-bond acceptors (Lipinski definition) is 6. The molecule has 3 N–H and O–H groups in total. The Labute approximate surface area is 156 Å². The predicted octanol–water partition coefficient (Wildman–Crippen LogP) is 0.457. The number of carbonyl (C=O) groups is 2. The molecule has 0 unspecified atom stereocenters. The van der Waals surface area contributed by atoms with Gasteiger partial charge in [-0.15, -0.1) is 0 Å². The van der Waals surface area contributed by atoms with Crippen molar-refractivity contribution in [2.24, 2.45) is 0 Å². The minimum Gasteiger partial charge on any atom is -0.535 e. The lowest BCUT2D eigenvalue weighted by Gasteiger charge is -2.40. The maximum atomic E-state index is 12.3. The Hall–Kier alpha value is -2.26. The Kier molecular flexibility index (Phi) is 3.84. The van der Waals surface area contributed by atoms with Crippen LogP contribution in [0, 0.1) is 0 Å². The number of nitrogens with one attached hydrogen (secondary N) is 1. The molecule has 4 aliphatic rings. The van der Waals surface area contributed by atoms with Gasteiger partial charge in [0.1, 0.15) is 23.2 Å². The monoisotopic (exact) mass is 372 g/mol. The minimum atomic E-state index is -1.14. The van der Waals surface area contributed by atoms with E-state index in [4.69, 9.17) is 9.39 Å². The molecule has 3 heterocycles. The summed E-state index contributed by atoms with van der Waals surface area (Å²) in [4.78, 5) is 25.9. The van der Waals surface area contributed by atoms with Gasteiger partial charge in [0.25, 0.3) is 0 Å². The number of nitrogens with zero attached hydrogens (tertiary/aromatic N) is 1. The Morgan fingerprint density at radius 1 is 1.33 bits per heavy atom. The van der Waals surface area contributed by atoms with Gasteiger partial charge in [0.05, 0.1) is 19.1 Å². The van der Waals surface area contributed by atoms with Crippen molar-refractivity contribution in [1.82, 2.24) is 10.2 Å². The number of likely N-dealkylation sites (tertiary alicyclic amines) is 1. The van der Waals surface area contributed by atoms with E-state index < -0.39 is 13.1 Å². The molecule has 8 nitrogen and oxygen atoms in total. The average molecular weight is 372 g/mol. The predicted molar refractivity (Wildman–Crippen MR) is 95.1 cm³/mol. The Morgan fingerprint density at radius 2 is 2.15 bits per heavy atom. The lowest BCUT2D eigenvalue weighted by Crippen LogP contribution is -2.59. The molecule has 0 radical (unpaired) electrons. The largest absolute Gasteiger partial charge is 0.535 e. The molecule has 142 valence electrons. The highest BCUT2D eigenvalue weighted by atomic mass is 16.5. The standard InChI is InChI=1S/C18H21BN2O6/c22-17(13-2-1-5-20-13)21-7-9(8-21)26-14-4-3-10-11-6-12(11)19(25)27-16(10)15(14)18(23)24/h3-4,9,11-13,20,25H,1-2,5-8H2,(H,23,24)/t11-,12-,13+/m1/s1. The van der Waals surface area contributed by atoms with Crippen LogP contribution in [0.2, 0.25) is 5.82 Å². The molecule has 9 heteroatoms. The van der Waals surface area contributed by atoms with Crippen molar-refractivity contribution < 1.29 is 29.1 Å². The van der Waals surface area contributed by atoms with Crippen LogP contribution in [-0.2, 0) is 4.79 Å². The van der Waals surface area contributed by atoms with Crippen LogP contribution in [0.4, 0.5) is 0 Å². The van der Waals surface area contributed by atoms with Crippen molar-refractivity contribution in [1.29, 1.82) is 0 Å². The zero-order valence-corrected chi connectivity index (χ0v) is 14.8. The molecular formula is C18H21BN2O6. The van der Waals surface area contributed by atoms with Crippen LogP contribution in [0.1, 0.15) is 41.1 Å². The third-order valence-corrected chi connectivity index (χ3v) is 6.02. The first-order chi connectivity index (χ1) is 13.0. The van der Waals surface area contributed by atoms with Crippen molar-refractivity contribution in [2.75, 3.05) is 19.6 Å². The number of carbonyl (C=O) groups excluding carboxylic acids is 1. The zero-order chi connectivity index (χ0) is 18.7. The topological polar surface area (TPSA) is 108 Å². The molecule has 1 aromatic rings. The molecule has 3 atom stereocenters. The first-order valence-corrected chi connectivity index (χ1v) is 9.46. The maximum absolute atomic E-state index is 12.3. The van der Waals surface area contributed by atoms with Crippen LogP contribution >= 0.6 is 0 Å². The van der Waals surface area contributed by atoms with Crippen LogP contribution < -0.4 is 14.7 Å². The lowest BCUT2D eigenvalue weighted by atomic mass is 9.77. The van der Waals surface area contributed by atoms with Crippen LogP contribution in [-0.4, -0.2) is 65.8 Å². The van der Waals surface area contributed by atoms with E-state index in [0.29, 0.717) is 13.1 Å². The Bertz CT molecular complexity index is 805. The minimum absolute atomic E-state index is 0.0425. The zero-order valence-electron chi connectivity index (χ0n) is 14.8. The second-order valence-electron chi connectivity index (χ2n) is 7.81. The SMILES string of the molecule is O=C(O)c1c(OC2CN(C(=O)[C@@H]3CCCN3)C2)ccc2c1OB(O)[C@@H]1C[C@H]21. The highest BCUT2D eigenvalue weighted by Crippen LogP contribution is 2.60. The van der Waals surface area contributed by atoms with Crippen LogP contribution in [0.15, 0.2) is 12.1 Å². The summed E-state index contributed by atoms with van der Waals surface area (Å²) in [6.07, 6.45) is 2.43. The summed E-state index contributed by atoms with van der Waals surface area (Å²) in [5.74, 6) is -0.400. The molecular weight excluding hydrogens is 351 g/mol. The Morgan fingerprint density at radius 3 is 2.85 bits per heavy atom. The fourth-order valence-corrected chi connectivity index (χ4v) is 4.38. The number of amides is 1. The highest BCUT2D eigenvalue weighted by Gasteiger charge is 2.54. The fourth-order valence-electron chi connectivity index (χ4n) is 4.38. The van der Waals surface area contributed by atoms with Crippen molar-refractivity contribution in [2.45, 2.75) is 43.1 Å². The van der Waals surface area contributed by atoms with Crippen LogP contribution in [0.25, 0.3) is 0 Å². The van der Waals surface area contributed by atoms with E-state index in [2.05, 4.69) is 5.32 Å². The summed E-state index contributed by atoms with van der Waals surface area (Å²) in [6.45, 7) is 1.76. The first kappa shape index (κ1) is 16.9. The first-order valence-electron chi connectivity index (χ1n) is 9.46. The summed E-state index contributed by atoms with van der Waals surface area (Å²) in [5, 5.41) is 22.9. The highest BCUT2D eigenvalue weighted by molar-refractivity contribution is 6.48. The second kappa shape index (κ2) is 6.14.